The Morgan fingerprint density at radius 1 is 1.42 bits per heavy atom. The van der Waals surface area contributed by atoms with Crippen molar-refractivity contribution in [3.05, 3.63) is 11.6 Å². The van der Waals surface area contributed by atoms with E-state index in [4.69, 9.17) is 11.6 Å². The van der Waals surface area contributed by atoms with E-state index in [9.17, 15) is 0 Å². The lowest BCUT2D eigenvalue weighted by molar-refractivity contribution is 0.453. The summed E-state index contributed by atoms with van der Waals surface area (Å²) >= 11 is 6.02. The number of allylic oxidation sites excluding steroid dienone is 2. The summed E-state index contributed by atoms with van der Waals surface area (Å²) in [5, 5.41) is 0.396. The second kappa shape index (κ2) is 4.32. The highest BCUT2D eigenvalue weighted by Gasteiger charge is 2.17. The van der Waals surface area contributed by atoms with Gasteiger partial charge in [0.05, 0.1) is 0 Å². The normalized spacial score (nSPS) is 27.1. The molecule has 0 saturated heterocycles. The third-order valence-corrected chi connectivity index (χ3v) is 3.36. The number of alkyl halides is 1. The third-order valence-electron chi connectivity index (χ3n) is 2.97. The van der Waals surface area contributed by atoms with Crippen molar-refractivity contribution < 1.29 is 0 Å². The summed E-state index contributed by atoms with van der Waals surface area (Å²) in [5.74, 6) is 1.51. The van der Waals surface area contributed by atoms with Gasteiger partial charge >= 0.3 is 0 Å². The first kappa shape index (κ1) is 10.1. The van der Waals surface area contributed by atoms with E-state index in [1.807, 2.05) is 0 Å². The lowest BCUT2D eigenvalue weighted by atomic mass is 9.84. The van der Waals surface area contributed by atoms with Crippen LogP contribution in [0.15, 0.2) is 11.6 Å². The molecule has 0 aliphatic heterocycles. The van der Waals surface area contributed by atoms with Crippen LogP contribution in [-0.2, 0) is 0 Å². The number of rotatable bonds is 2. The van der Waals surface area contributed by atoms with E-state index in [-0.39, 0.29) is 0 Å². The molecular formula is C11H19Cl. The first-order chi connectivity index (χ1) is 5.61. The molecule has 0 N–H and O–H groups in total. The van der Waals surface area contributed by atoms with Gasteiger partial charge in [0, 0.05) is 5.38 Å². The van der Waals surface area contributed by atoms with Gasteiger partial charge < -0.3 is 0 Å². The van der Waals surface area contributed by atoms with Crippen molar-refractivity contribution in [3.8, 4) is 0 Å². The van der Waals surface area contributed by atoms with Gasteiger partial charge in [-0.3, -0.25) is 0 Å². The van der Waals surface area contributed by atoms with Crippen molar-refractivity contribution in [3.63, 3.8) is 0 Å². The largest absolute Gasteiger partial charge is 0.123 e. The van der Waals surface area contributed by atoms with Crippen LogP contribution in [0.25, 0.3) is 0 Å². The summed E-state index contributed by atoms with van der Waals surface area (Å²) in [6.45, 7) is 6.90. The van der Waals surface area contributed by atoms with Gasteiger partial charge in [0.2, 0.25) is 0 Å². The minimum Gasteiger partial charge on any atom is -0.123 e. The van der Waals surface area contributed by atoms with Crippen molar-refractivity contribution in [2.24, 2.45) is 11.8 Å². The molecule has 0 amide bonds. The average Bonchev–Trinajstić information content (AvgIpc) is 2.04. The molecule has 0 spiro atoms. The standard InChI is InChI=1S/C11H19Cl/c1-8(2)9(3)10-4-6-11(12)7-5-10/h4,8-9,11H,5-7H2,1-3H3/t9?,11-/m1/s1. The minimum absolute atomic E-state index is 0.396. The molecule has 0 aromatic carbocycles. The van der Waals surface area contributed by atoms with Crippen molar-refractivity contribution >= 4 is 11.6 Å². The van der Waals surface area contributed by atoms with Gasteiger partial charge in [0.25, 0.3) is 0 Å². The zero-order valence-corrected chi connectivity index (χ0v) is 9.06. The lowest BCUT2D eigenvalue weighted by Crippen LogP contribution is -2.13. The summed E-state index contributed by atoms with van der Waals surface area (Å²) in [6.07, 6.45) is 5.82. The average molecular weight is 187 g/mol. The van der Waals surface area contributed by atoms with Crippen molar-refractivity contribution in [2.75, 3.05) is 0 Å². The Labute approximate surface area is 81.0 Å². The predicted octanol–water partition coefficient (Wildman–Crippen LogP) is 4.00. The summed E-state index contributed by atoms with van der Waals surface area (Å²) in [7, 11) is 0. The molecule has 0 bridgehead atoms. The first-order valence-electron chi connectivity index (χ1n) is 4.94. The molecule has 0 heterocycles. The number of halogens is 1. The minimum atomic E-state index is 0.396. The molecule has 1 heteroatoms. The van der Waals surface area contributed by atoms with Crippen LogP contribution in [0.2, 0.25) is 0 Å². The number of hydrogen-bond donors (Lipinski definition) is 0. The highest BCUT2D eigenvalue weighted by molar-refractivity contribution is 6.20. The molecule has 2 atom stereocenters. The molecule has 1 aliphatic rings. The van der Waals surface area contributed by atoms with Crippen molar-refractivity contribution in [1.82, 2.24) is 0 Å². The zero-order valence-electron chi connectivity index (χ0n) is 8.31. The van der Waals surface area contributed by atoms with Crippen molar-refractivity contribution in [2.45, 2.75) is 45.4 Å². The lowest BCUT2D eigenvalue weighted by Gasteiger charge is -2.24. The molecule has 0 aromatic rings. The Balaban J connectivity index is 2.52. The predicted molar refractivity (Wildman–Crippen MR) is 55.6 cm³/mol. The quantitative estimate of drug-likeness (QED) is 0.452. The second-order valence-corrected chi connectivity index (χ2v) is 4.80. The molecule has 1 aliphatic carbocycles. The summed E-state index contributed by atoms with van der Waals surface area (Å²) in [4.78, 5) is 0. The van der Waals surface area contributed by atoms with Crippen LogP contribution in [0, 0.1) is 11.8 Å². The van der Waals surface area contributed by atoms with Crippen LogP contribution in [0.4, 0.5) is 0 Å². The molecule has 12 heavy (non-hydrogen) atoms. The number of hydrogen-bond acceptors (Lipinski definition) is 0. The fourth-order valence-electron chi connectivity index (χ4n) is 1.66. The Bertz CT molecular complexity index is 170. The van der Waals surface area contributed by atoms with E-state index in [2.05, 4.69) is 26.8 Å². The smallest absolute Gasteiger partial charge is 0.0373 e. The molecule has 0 fully saturated rings. The Morgan fingerprint density at radius 2 is 2.08 bits per heavy atom. The van der Waals surface area contributed by atoms with Crippen LogP contribution in [0.3, 0.4) is 0 Å². The maximum Gasteiger partial charge on any atom is 0.0373 e. The van der Waals surface area contributed by atoms with Crippen LogP contribution < -0.4 is 0 Å². The molecule has 1 rings (SSSR count). The second-order valence-electron chi connectivity index (χ2n) is 4.18. The summed E-state index contributed by atoms with van der Waals surface area (Å²) in [6, 6.07) is 0. The van der Waals surface area contributed by atoms with Gasteiger partial charge in [-0.25, -0.2) is 0 Å². The van der Waals surface area contributed by atoms with Gasteiger partial charge in [0.1, 0.15) is 0 Å². The van der Waals surface area contributed by atoms with Gasteiger partial charge in [-0.15, -0.1) is 11.6 Å². The van der Waals surface area contributed by atoms with Gasteiger partial charge in [-0.2, -0.15) is 0 Å². The van der Waals surface area contributed by atoms with Gasteiger partial charge in [-0.05, 0) is 31.1 Å². The fraction of sp³-hybridized carbons (Fsp3) is 0.818. The summed E-state index contributed by atoms with van der Waals surface area (Å²) in [5.41, 5.74) is 1.63. The van der Waals surface area contributed by atoms with Gasteiger partial charge in [0.15, 0.2) is 0 Å². The highest BCUT2D eigenvalue weighted by Crippen LogP contribution is 2.30. The molecule has 0 radical (unpaired) electrons. The van der Waals surface area contributed by atoms with E-state index >= 15 is 0 Å². The molecule has 0 saturated carbocycles. The zero-order chi connectivity index (χ0) is 9.14. The Kier molecular flexibility index (Phi) is 3.64. The van der Waals surface area contributed by atoms with Crippen molar-refractivity contribution in [1.29, 1.82) is 0 Å². The van der Waals surface area contributed by atoms with Crippen LogP contribution in [0.1, 0.15) is 40.0 Å². The fourth-order valence-corrected chi connectivity index (χ4v) is 1.86. The topological polar surface area (TPSA) is 0 Å². The van der Waals surface area contributed by atoms with E-state index < -0.39 is 0 Å². The molecule has 0 aromatic heterocycles. The highest BCUT2D eigenvalue weighted by atomic mass is 35.5. The van der Waals surface area contributed by atoms with Gasteiger partial charge in [-0.1, -0.05) is 32.4 Å². The Morgan fingerprint density at radius 3 is 2.50 bits per heavy atom. The maximum absolute atomic E-state index is 6.02. The monoisotopic (exact) mass is 186 g/mol. The van der Waals surface area contributed by atoms with E-state index in [1.54, 1.807) is 5.57 Å². The summed E-state index contributed by atoms with van der Waals surface area (Å²) < 4.78 is 0. The molecule has 70 valence electrons. The maximum atomic E-state index is 6.02. The Hall–Kier alpha value is 0.0300. The van der Waals surface area contributed by atoms with E-state index in [0.717, 1.165) is 18.3 Å². The van der Waals surface area contributed by atoms with Crippen LogP contribution in [-0.4, -0.2) is 5.38 Å². The van der Waals surface area contributed by atoms with E-state index in [1.165, 1.54) is 12.8 Å². The molecule has 1 unspecified atom stereocenters. The van der Waals surface area contributed by atoms with Crippen LogP contribution in [0.5, 0.6) is 0 Å². The SMILES string of the molecule is CC(C)C(C)C1=CC[C@@H](Cl)CC1. The van der Waals surface area contributed by atoms with Crippen LogP contribution >= 0.6 is 11.6 Å². The molecule has 0 nitrogen and oxygen atoms in total. The third kappa shape index (κ3) is 2.52. The first-order valence-corrected chi connectivity index (χ1v) is 5.38. The molecular weight excluding hydrogens is 168 g/mol. The van der Waals surface area contributed by atoms with E-state index in [0.29, 0.717) is 5.38 Å².